The van der Waals surface area contributed by atoms with E-state index in [1.807, 2.05) is 24.3 Å². The van der Waals surface area contributed by atoms with Gasteiger partial charge in [-0.15, -0.1) is 0 Å². The van der Waals surface area contributed by atoms with Gasteiger partial charge >= 0.3 is 0 Å². The predicted molar refractivity (Wildman–Crippen MR) is 84.4 cm³/mol. The summed E-state index contributed by atoms with van der Waals surface area (Å²) in [6.07, 6.45) is 12.3. The van der Waals surface area contributed by atoms with Crippen LogP contribution in [0.4, 0.5) is 0 Å². The molecule has 0 bridgehead atoms. The summed E-state index contributed by atoms with van der Waals surface area (Å²) in [4.78, 5) is 10.0. The zero-order valence-electron chi connectivity index (χ0n) is 12.4. The number of nitrogens with zero attached hydrogens (tertiary/aromatic N) is 1. The number of hydrogen-bond acceptors (Lipinski definition) is 2. The Bertz CT molecular complexity index is 427. The minimum atomic E-state index is -0.313. The monoisotopic (exact) mass is 275 g/mol. The van der Waals surface area contributed by atoms with Crippen molar-refractivity contribution in [3.05, 3.63) is 51.6 Å². The molecule has 0 radical (unpaired) electrons. The summed E-state index contributed by atoms with van der Waals surface area (Å²) in [5.74, 6) is 0. The van der Waals surface area contributed by atoms with Gasteiger partial charge in [-0.3, -0.25) is 10.1 Å². The molecule has 0 saturated carbocycles. The third-order valence-corrected chi connectivity index (χ3v) is 3.41. The number of nitro groups is 1. The first-order valence-electron chi connectivity index (χ1n) is 7.60. The summed E-state index contributed by atoms with van der Waals surface area (Å²) in [6.45, 7) is 2.12. The van der Waals surface area contributed by atoms with Crippen LogP contribution < -0.4 is 0 Å². The van der Waals surface area contributed by atoms with Gasteiger partial charge in [-0.25, -0.2) is 0 Å². The van der Waals surface area contributed by atoms with Crippen molar-refractivity contribution in [2.24, 2.45) is 0 Å². The van der Waals surface area contributed by atoms with E-state index in [4.69, 9.17) is 0 Å². The maximum absolute atomic E-state index is 10.3. The molecule has 0 unspecified atom stereocenters. The van der Waals surface area contributed by atoms with Gasteiger partial charge in [0.25, 0.3) is 0 Å². The highest BCUT2D eigenvalue weighted by Crippen LogP contribution is 2.15. The lowest BCUT2D eigenvalue weighted by Gasteiger charge is -2.06. The van der Waals surface area contributed by atoms with E-state index in [0.717, 1.165) is 12.0 Å². The van der Waals surface area contributed by atoms with Crippen molar-refractivity contribution in [2.45, 2.75) is 51.9 Å². The predicted octanol–water partition coefficient (Wildman–Crippen LogP) is 4.88. The zero-order chi connectivity index (χ0) is 14.6. The van der Waals surface area contributed by atoms with Gasteiger partial charge in [0, 0.05) is 4.92 Å². The first kappa shape index (κ1) is 16.4. The third-order valence-electron chi connectivity index (χ3n) is 3.41. The highest BCUT2D eigenvalue weighted by atomic mass is 16.6. The summed E-state index contributed by atoms with van der Waals surface area (Å²) in [5, 5.41) is 10.3. The summed E-state index contributed by atoms with van der Waals surface area (Å²) in [7, 11) is 0. The van der Waals surface area contributed by atoms with Gasteiger partial charge < -0.3 is 0 Å². The second-order valence-electron chi connectivity index (χ2n) is 5.13. The standard InChI is InChI=1S/C17H25NO2/c1-2-3-4-5-6-7-11-16-12-8-9-13-17(16)14-10-15-18(19)20/h8-10,12-14H,2-7,11,15H2,1H3. The molecule has 0 atom stereocenters. The van der Waals surface area contributed by atoms with Crippen molar-refractivity contribution in [3.8, 4) is 0 Å². The molecule has 0 heterocycles. The molecule has 3 nitrogen and oxygen atoms in total. The zero-order valence-corrected chi connectivity index (χ0v) is 12.4. The molecule has 20 heavy (non-hydrogen) atoms. The highest BCUT2D eigenvalue weighted by Gasteiger charge is 1.99. The molecule has 0 N–H and O–H groups in total. The molecule has 0 fully saturated rings. The van der Waals surface area contributed by atoms with Gasteiger partial charge in [-0.2, -0.15) is 0 Å². The fraction of sp³-hybridized carbons (Fsp3) is 0.529. The van der Waals surface area contributed by atoms with E-state index in [1.54, 1.807) is 6.08 Å². The smallest absolute Gasteiger partial charge is 0.222 e. The van der Waals surface area contributed by atoms with E-state index in [9.17, 15) is 10.1 Å². The van der Waals surface area contributed by atoms with E-state index < -0.39 is 0 Å². The molecule has 0 saturated heterocycles. The quantitative estimate of drug-likeness (QED) is 0.347. The molecular weight excluding hydrogens is 250 g/mol. The van der Waals surface area contributed by atoms with Gasteiger partial charge in [0.2, 0.25) is 6.54 Å². The Balaban J connectivity index is 2.41. The number of benzene rings is 1. The van der Waals surface area contributed by atoms with Crippen molar-refractivity contribution >= 4 is 6.08 Å². The fourth-order valence-electron chi connectivity index (χ4n) is 2.29. The third kappa shape index (κ3) is 7.07. The van der Waals surface area contributed by atoms with E-state index in [0.29, 0.717) is 0 Å². The van der Waals surface area contributed by atoms with Crippen LogP contribution in [0.25, 0.3) is 6.08 Å². The van der Waals surface area contributed by atoms with Gasteiger partial charge in [0.1, 0.15) is 0 Å². The van der Waals surface area contributed by atoms with Gasteiger partial charge in [0.15, 0.2) is 0 Å². The molecular formula is C17H25NO2. The number of aryl methyl sites for hydroxylation is 1. The SMILES string of the molecule is CCCCCCCCc1ccccc1C=CC[N+](=O)[O-]. The molecule has 0 aromatic heterocycles. The normalized spacial score (nSPS) is 11.1. The Labute approximate surface area is 121 Å². The van der Waals surface area contributed by atoms with Crippen LogP contribution in [0.1, 0.15) is 56.6 Å². The second-order valence-corrected chi connectivity index (χ2v) is 5.13. The Morgan fingerprint density at radius 3 is 2.55 bits per heavy atom. The second kappa shape index (κ2) is 10.2. The molecule has 110 valence electrons. The Morgan fingerprint density at radius 2 is 1.80 bits per heavy atom. The lowest BCUT2D eigenvalue weighted by Crippen LogP contribution is -1.96. The van der Waals surface area contributed by atoms with Crippen LogP contribution in [-0.4, -0.2) is 11.5 Å². The van der Waals surface area contributed by atoms with Crippen LogP contribution in [-0.2, 0) is 6.42 Å². The Kier molecular flexibility index (Phi) is 8.36. The molecule has 0 amide bonds. The molecule has 1 aromatic carbocycles. The van der Waals surface area contributed by atoms with E-state index in [2.05, 4.69) is 13.0 Å². The summed E-state index contributed by atoms with van der Waals surface area (Å²) < 4.78 is 0. The lowest BCUT2D eigenvalue weighted by molar-refractivity contribution is -0.468. The topological polar surface area (TPSA) is 43.1 Å². The number of rotatable bonds is 10. The molecule has 1 aromatic rings. The van der Waals surface area contributed by atoms with Crippen molar-refractivity contribution in [3.63, 3.8) is 0 Å². The first-order chi connectivity index (χ1) is 9.74. The summed E-state index contributed by atoms with van der Waals surface area (Å²) >= 11 is 0. The van der Waals surface area contributed by atoms with Crippen LogP contribution in [0.3, 0.4) is 0 Å². The van der Waals surface area contributed by atoms with Crippen LogP contribution in [0.2, 0.25) is 0 Å². The average molecular weight is 275 g/mol. The molecule has 0 aliphatic heterocycles. The minimum Gasteiger partial charge on any atom is -0.264 e. The van der Waals surface area contributed by atoms with E-state index in [1.165, 1.54) is 44.1 Å². The van der Waals surface area contributed by atoms with E-state index >= 15 is 0 Å². The van der Waals surface area contributed by atoms with Crippen molar-refractivity contribution in [1.82, 2.24) is 0 Å². The van der Waals surface area contributed by atoms with Crippen LogP contribution >= 0.6 is 0 Å². The van der Waals surface area contributed by atoms with Crippen molar-refractivity contribution in [2.75, 3.05) is 6.54 Å². The lowest BCUT2D eigenvalue weighted by atomic mass is 10.00. The molecule has 0 spiro atoms. The molecule has 1 rings (SSSR count). The number of unbranched alkanes of at least 4 members (excludes halogenated alkanes) is 5. The van der Waals surface area contributed by atoms with Gasteiger partial charge in [-0.05, 0) is 30.0 Å². The van der Waals surface area contributed by atoms with Crippen molar-refractivity contribution < 1.29 is 4.92 Å². The van der Waals surface area contributed by atoms with Crippen LogP contribution in [0.15, 0.2) is 30.3 Å². The highest BCUT2D eigenvalue weighted by molar-refractivity contribution is 5.53. The fourth-order valence-corrected chi connectivity index (χ4v) is 2.29. The maximum Gasteiger partial charge on any atom is 0.222 e. The Morgan fingerprint density at radius 1 is 1.10 bits per heavy atom. The summed E-state index contributed by atoms with van der Waals surface area (Å²) in [5.41, 5.74) is 2.41. The van der Waals surface area contributed by atoms with Crippen LogP contribution in [0.5, 0.6) is 0 Å². The molecule has 0 aliphatic carbocycles. The minimum absolute atomic E-state index is 0.106. The largest absolute Gasteiger partial charge is 0.264 e. The number of hydrogen-bond donors (Lipinski definition) is 0. The summed E-state index contributed by atoms with van der Waals surface area (Å²) in [6, 6.07) is 8.18. The van der Waals surface area contributed by atoms with E-state index in [-0.39, 0.29) is 11.5 Å². The molecule has 3 heteroatoms. The average Bonchev–Trinajstić information content (AvgIpc) is 2.44. The maximum atomic E-state index is 10.3. The van der Waals surface area contributed by atoms with Crippen LogP contribution in [0, 0.1) is 10.1 Å². The van der Waals surface area contributed by atoms with Gasteiger partial charge in [-0.1, -0.05) is 69.4 Å². The van der Waals surface area contributed by atoms with Gasteiger partial charge in [0.05, 0.1) is 0 Å². The molecule has 0 aliphatic rings. The first-order valence-corrected chi connectivity index (χ1v) is 7.60. The van der Waals surface area contributed by atoms with Crippen molar-refractivity contribution in [1.29, 1.82) is 0 Å². The Hall–Kier alpha value is -1.64.